The molecule has 64 valence electrons. The van der Waals surface area contributed by atoms with E-state index < -0.39 is 6.10 Å². The Balaban J connectivity index is 2.71. The lowest BCUT2D eigenvalue weighted by atomic mass is 10.3. The van der Waals surface area contributed by atoms with E-state index in [-0.39, 0.29) is 12.3 Å². The molecule has 1 aromatic heterocycles. The van der Waals surface area contributed by atoms with Crippen molar-refractivity contribution in [2.24, 2.45) is 0 Å². The molecule has 12 heavy (non-hydrogen) atoms. The molecule has 6 heteroatoms. The molecule has 0 bridgehead atoms. The SMILES string of the molecule is N#CC(O)c1cn(CCO)nn1. The van der Waals surface area contributed by atoms with Gasteiger partial charge in [0, 0.05) is 0 Å². The van der Waals surface area contributed by atoms with Crippen LogP contribution in [0, 0.1) is 11.3 Å². The molecule has 0 aromatic carbocycles. The summed E-state index contributed by atoms with van der Waals surface area (Å²) in [4.78, 5) is 0. The van der Waals surface area contributed by atoms with Gasteiger partial charge in [0.2, 0.25) is 0 Å². The molecule has 0 aliphatic heterocycles. The van der Waals surface area contributed by atoms with Crippen molar-refractivity contribution in [1.82, 2.24) is 15.0 Å². The molecule has 0 aliphatic carbocycles. The summed E-state index contributed by atoms with van der Waals surface area (Å²) in [5.74, 6) is 0. The summed E-state index contributed by atoms with van der Waals surface area (Å²) in [6.45, 7) is 0.261. The topological polar surface area (TPSA) is 95.0 Å². The van der Waals surface area contributed by atoms with E-state index in [2.05, 4.69) is 10.3 Å². The van der Waals surface area contributed by atoms with Gasteiger partial charge in [0.25, 0.3) is 0 Å². The molecule has 0 amide bonds. The first-order valence-electron chi connectivity index (χ1n) is 3.36. The molecule has 0 fully saturated rings. The van der Waals surface area contributed by atoms with Crippen molar-refractivity contribution >= 4 is 0 Å². The first-order valence-corrected chi connectivity index (χ1v) is 3.36. The minimum absolute atomic E-state index is 0.0501. The minimum atomic E-state index is -1.24. The number of nitrogens with zero attached hydrogens (tertiary/aromatic N) is 4. The van der Waals surface area contributed by atoms with Crippen molar-refractivity contribution in [3.05, 3.63) is 11.9 Å². The average Bonchev–Trinajstić information content (AvgIpc) is 2.52. The standard InChI is InChI=1S/C6H8N4O2/c7-3-6(12)5-4-10(1-2-11)9-8-5/h4,6,11-12H,1-2H2. The van der Waals surface area contributed by atoms with E-state index in [1.807, 2.05) is 0 Å². The third kappa shape index (κ3) is 1.78. The monoisotopic (exact) mass is 168 g/mol. The summed E-state index contributed by atoms with van der Waals surface area (Å²) in [6.07, 6.45) is 0.182. The zero-order valence-corrected chi connectivity index (χ0v) is 6.25. The molecule has 1 aromatic rings. The maximum absolute atomic E-state index is 8.97. The van der Waals surface area contributed by atoms with Gasteiger partial charge in [0.15, 0.2) is 6.10 Å². The van der Waals surface area contributed by atoms with Crippen LogP contribution in [-0.2, 0) is 6.54 Å². The summed E-state index contributed by atoms with van der Waals surface area (Å²) >= 11 is 0. The van der Waals surface area contributed by atoms with Gasteiger partial charge in [-0.15, -0.1) is 5.10 Å². The van der Waals surface area contributed by atoms with Crippen LogP contribution >= 0.6 is 0 Å². The fourth-order valence-electron chi connectivity index (χ4n) is 0.717. The van der Waals surface area contributed by atoms with E-state index in [1.165, 1.54) is 10.9 Å². The lowest BCUT2D eigenvalue weighted by Crippen LogP contribution is -2.02. The summed E-state index contributed by atoms with van der Waals surface area (Å²) in [5.41, 5.74) is 0.200. The first-order chi connectivity index (χ1) is 5.77. The van der Waals surface area contributed by atoms with Crippen molar-refractivity contribution in [2.75, 3.05) is 6.61 Å². The highest BCUT2D eigenvalue weighted by molar-refractivity contribution is 5.06. The van der Waals surface area contributed by atoms with E-state index in [4.69, 9.17) is 15.5 Å². The number of hydrogen-bond donors (Lipinski definition) is 2. The number of rotatable bonds is 3. The molecule has 1 rings (SSSR count). The van der Waals surface area contributed by atoms with Crippen LogP contribution in [0.4, 0.5) is 0 Å². The van der Waals surface area contributed by atoms with Gasteiger partial charge in [-0.25, -0.2) is 4.68 Å². The van der Waals surface area contributed by atoms with Crippen molar-refractivity contribution in [3.63, 3.8) is 0 Å². The van der Waals surface area contributed by atoms with Crippen molar-refractivity contribution in [1.29, 1.82) is 5.26 Å². The Kier molecular flexibility index (Phi) is 2.74. The van der Waals surface area contributed by atoms with Gasteiger partial charge in [0.05, 0.1) is 19.3 Å². The summed E-state index contributed by atoms with van der Waals surface area (Å²) in [7, 11) is 0. The normalized spacial score (nSPS) is 12.4. The third-order valence-electron chi connectivity index (χ3n) is 1.29. The van der Waals surface area contributed by atoms with Crippen LogP contribution in [0.1, 0.15) is 11.8 Å². The molecule has 0 spiro atoms. The molecule has 1 heterocycles. The molecule has 1 unspecified atom stereocenters. The highest BCUT2D eigenvalue weighted by Gasteiger charge is 2.09. The van der Waals surface area contributed by atoms with Gasteiger partial charge < -0.3 is 10.2 Å². The van der Waals surface area contributed by atoms with E-state index in [0.29, 0.717) is 6.54 Å². The van der Waals surface area contributed by atoms with Crippen molar-refractivity contribution in [3.8, 4) is 6.07 Å². The Bertz CT molecular complexity index is 290. The summed E-state index contributed by atoms with van der Waals surface area (Å²) < 4.78 is 1.36. The molecule has 6 nitrogen and oxygen atoms in total. The molecule has 0 saturated heterocycles. The number of hydrogen-bond acceptors (Lipinski definition) is 5. The maximum Gasteiger partial charge on any atom is 0.186 e. The van der Waals surface area contributed by atoms with Crippen molar-refractivity contribution < 1.29 is 10.2 Å². The highest BCUT2D eigenvalue weighted by atomic mass is 16.3. The van der Waals surface area contributed by atoms with Crippen LogP contribution in [0.3, 0.4) is 0 Å². The lowest BCUT2D eigenvalue weighted by molar-refractivity contribution is 0.230. The molecule has 0 radical (unpaired) electrons. The van der Waals surface area contributed by atoms with Crippen LogP contribution in [0.15, 0.2) is 6.20 Å². The summed E-state index contributed by atoms with van der Waals surface area (Å²) in [6, 6.07) is 1.61. The number of aromatic nitrogens is 3. The number of nitriles is 1. The zero-order chi connectivity index (χ0) is 8.97. The summed E-state index contributed by atoms with van der Waals surface area (Å²) in [5, 5.41) is 32.9. The average molecular weight is 168 g/mol. The van der Waals surface area contributed by atoms with Crippen molar-refractivity contribution in [2.45, 2.75) is 12.6 Å². The number of aliphatic hydroxyl groups is 2. The van der Waals surface area contributed by atoms with E-state index in [9.17, 15) is 0 Å². The third-order valence-corrected chi connectivity index (χ3v) is 1.29. The Labute approximate surface area is 68.7 Å². The molecule has 1 atom stereocenters. The van der Waals surface area contributed by atoms with Crippen LogP contribution in [0.25, 0.3) is 0 Å². The Hall–Kier alpha value is -1.45. The second kappa shape index (κ2) is 3.80. The molecule has 2 N–H and O–H groups in total. The van der Waals surface area contributed by atoms with Gasteiger partial charge in [-0.1, -0.05) is 5.21 Å². The quantitative estimate of drug-likeness (QED) is 0.554. The smallest absolute Gasteiger partial charge is 0.186 e. The largest absolute Gasteiger partial charge is 0.394 e. The number of aliphatic hydroxyl groups excluding tert-OH is 2. The maximum atomic E-state index is 8.97. The molecular formula is C6H8N4O2. The van der Waals surface area contributed by atoms with Gasteiger partial charge in [-0.05, 0) is 0 Å². The van der Waals surface area contributed by atoms with Gasteiger partial charge in [-0.3, -0.25) is 0 Å². The van der Waals surface area contributed by atoms with Gasteiger partial charge in [-0.2, -0.15) is 5.26 Å². The minimum Gasteiger partial charge on any atom is -0.394 e. The molecule has 0 saturated carbocycles. The van der Waals surface area contributed by atoms with Gasteiger partial charge >= 0.3 is 0 Å². The Morgan fingerprint density at radius 1 is 1.75 bits per heavy atom. The van der Waals surface area contributed by atoms with Crippen LogP contribution in [0.2, 0.25) is 0 Å². The van der Waals surface area contributed by atoms with Crippen LogP contribution in [-0.4, -0.2) is 31.8 Å². The first kappa shape index (κ1) is 8.64. The molecular weight excluding hydrogens is 160 g/mol. The van der Waals surface area contributed by atoms with E-state index in [0.717, 1.165) is 0 Å². The second-order valence-electron chi connectivity index (χ2n) is 2.16. The second-order valence-corrected chi connectivity index (χ2v) is 2.16. The van der Waals surface area contributed by atoms with E-state index in [1.54, 1.807) is 6.07 Å². The fraction of sp³-hybridized carbons (Fsp3) is 0.500. The predicted molar refractivity (Wildman–Crippen MR) is 37.7 cm³/mol. The lowest BCUT2D eigenvalue weighted by Gasteiger charge is -1.93. The van der Waals surface area contributed by atoms with Crippen LogP contribution < -0.4 is 0 Å². The Morgan fingerprint density at radius 3 is 3.08 bits per heavy atom. The fourth-order valence-corrected chi connectivity index (χ4v) is 0.717. The van der Waals surface area contributed by atoms with Gasteiger partial charge in [0.1, 0.15) is 11.8 Å². The Morgan fingerprint density at radius 2 is 2.50 bits per heavy atom. The molecule has 0 aliphatic rings. The van der Waals surface area contributed by atoms with E-state index >= 15 is 0 Å². The highest BCUT2D eigenvalue weighted by Crippen LogP contribution is 2.05. The zero-order valence-electron chi connectivity index (χ0n) is 6.25. The predicted octanol–water partition coefficient (Wildman–Crippen LogP) is -1.17. The van der Waals surface area contributed by atoms with Crippen LogP contribution in [0.5, 0.6) is 0 Å².